The van der Waals surface area contributed by atoms with E-state index in [1.54, 1.807) is 11.6 Å². The van der Waals surface area contributed by atoms with Crippen molar-refractivity contribution in [3.63, 3.8) is 0 Å². The van der Waals surface area contributed by atoms with E-state index in [0.717, 1.165) is 12.2 Å². The predicted molar refractivity (Wildman–Crippen MR) is 38.5 cm³/mol. The van der Waals surface area contributed by atoms with Crippen LogP contribution in [0.3, 0.4) is 0 Å². The monoisotopic (exact) mass is 140 g/mol. The number of nitrogens with zero attached hydrogens (tertiary/aromatic N) is 2. The van der Waals surface area contributed by atoms with Gasteiger partial charge in [0.2, 0.25) is 0 Å². The zero-order valence-corrected chi connectivity index (χ0v) is 6.28. The molecule has 1 aromatic rings. The number of hydrogen-bond donors (Lipinski definition) is 1. The SMILES string of the molecule is CCn1ccc([C@H](C)O)n1. The Bertz CT molecular complexity index is 205. The van der Waals surface area contributed by atoms with Crippen molar-refractivity contribution in [2.45, 2.75) is 26.5 Å². The molecule has 1 N–H and O–H groups in total. The van der Waals surface area contributed by atoms with Crippen LogP contribution in [0.1, 0.15) is 25.6 Å². The Morgan fingerprint density at radius 1 is 1.80 bits per heavy atom. The molecule has 10 heavy (non-hydrogen) atoms. The number of aliphatic hydroxyl groups excluding tert-OH is 1. The Hall–Kier alpha value is -0.830. The van der Waals surface area contributed by atoms with E-state index < -0.39 is 6.10 Å². The first-order valence-electron chi connectivity index (χ1n) is 3.45. The van der Waals surface area contributed by atoms with Crippen molar-refractivity contribution >= 4 is 0 Å². The molecule has 0 saturated heterocycles. The fourth-order valence-corrected chi connectivity index (χ4v) is 0.776. The van der Waals surface area contributed by atoms with E-state index in [1.807, 2.05) is 19.2 Å². The van der Waals surface area contributed by atoms with Crippen molar-refractivity contribution in [3.05, 3.63) is 18.0 Å². The van der Waals surface area contributed by atoms with E-state index in [-0.39, 0.29) is 0 Å². The number of aromatic nitrogens is 2. The fourth-order valence-electron chi connectivity index (χ4n) is 0.776. The third-order valence-electron chi connectivity index (χ3n) is 1.41. The fraction of sp³-hybridized carbons (Fsp3) is 0.571. The molecule has 56 valence electrons. The molecule has 1 rings (SSSR count). The van der Waals surface area contributed by atoms with Crippen LogP contribution in [0.2, 0.25) is 0 Å². The van der Waals surface area contributed by atoms with E-state index in [4.69, 9.17) is 5.11 Å². The lowest BCUT2D eigenvalue weighted by molar-refractivity contribution is 0.193. The van der Waals surface area contributed by atoms with Gasteiger partial charge >= 0.3 is 0 Å². The minimum Gasteiger partial charge on any atom is -0.387 e. The number of rotatable bonds is 2. The second kappa shape index (κ2) is 2.84. The van der Waals surface area contributed by atoms with E-state index >= 15 is 0 Å². The molecule has 1 heterocycles. The Kier molecular flexibility index (Phi) is 2.06. The summed E-state index contributed by atoms with van der Waals surface area (Å²) in [7, 11) is 0. The standard InChI is InChI=1S/C7H12N2O/c1-3-9-5-4-7(8-9)6(2)10/h4-6,10H,3H2,1-2H3/t6-/m0/s1. The van der Waals surface area contributed by atoms with E-state index in [9.17, 15) is 0 Å². The second-order valence-electron chi connectivity index (χ2n) is 2.27. The Morgan fingerprint density at radius 2 is 2.50 bits per heavy atom. The molecule has 0 spiro atoms. The van der Waals surface area contributed by atoms with Crippen molar-refractivity contribution in [1.29, 1.82) is 0 Å². The number of aliphatic hydroxyl groups is 1. The summed E-state index contributed by atoms with van der Waals surface area (Å²) in [6.45, 7) is 4.58. The lowest BCUT2D eigenvalue weighted by Gasteiger charge is -1.96. The molecule has 1 atom stereocenters. The van der Waals surface area contributed by atoms with Gasteiger partial charge in [0.15, 0.2) is 0 Å². The first kappa shape index (κ1) is 7.28. The van der Waals surface area contributed by atoms with Crippen LogP contribution < -0.4 is 0 Å². The predicted octanol–water partition coefficient (Wildman–Crippen LogP) is 0.956. The number of aryl methyl sites for hydroxylation is 1. The molecule has 0 amide bonds. The van der Waals surface area contributed by atoms with Gasteiger partial charge in [-0.2, -0.15) is 5.10 Å². The van der Waals surface area contributed by atoms with Crippen LogP contribution in [-0.4, -0.2) is 14.9 Å². The maximum Gasteiger partial charge on any atom is 0.0950 e. The van der Waals surface area contributed by atoms with Gasteiger partial charge in [-0.3, -0.25) is 4.68 Å². The van der Waals surface area contributed by atoms with Crippen LogP contribution in [0.25, 0.3) is 0 Å². The molecule has 0 aliphatic rings. The molecule has 0 aliphatic heterocycles. The van der Waals surface area contributed by atoms with Crippen LogP contribution in [0.15, 0.2) is 12.3 Å². The lowest BCUT2D eigenvalue weighted by Crippen LogP contribution is -1.97. The summed E-state index contributed by atoms with van der Waals surface area (Å²) in [4.78, 5) is 0. The molecule has 0 bridgehead atoms. The topological polar surface area (TPSA) is 38.0 Å². The minimum absolute atomic E-state index is 0.451. The molecular formula is C7H12N2O. The largest absolute Gasteiger partial charge is 0.387 e. The highest BCUT2D eigenvalue weighted by atomic mass is 16.3. The Labute approximate surface area is 60.3 Å². The smallest absolute Gasteiger partial charge is 0.0950 e. The van der Waals surface area contributed by atoms with Gasteiger partial charge in [0.05, 0.1) is 11.8 Å². The zero-order valence-electron chi connectivity index (χ0n) is 6.28. The molecule has 0 saturated carbocycles. The van der Waals surface area contributed by atoms with Crippen molar-refractivity contribution in [3.8, 4) is 0 Å². The third-order valence-corrected chi connectivity index (χ3v) is 1.41. The summed E-state index contributed by atoms with van der Waals surface area (Å²) in [6, 6.07) is 1.83. The maximum absolute atomic E-state index is 9.06. The van der Waals surface area contributed by atoms with Crippen molar-refractivity contribution in [1.82, 2.24) is 9.78 Å². The highest BCUT2D eigenvalue weighted by molar-refractivity contribution is 5.01. The summed E-state index contributed by atoms with van der Waals surface area (Å²) in [6.07, 6.45) is 1.41. The molecule has 0 radical (unpaired) electrons. The quantitative estimate of drug-likeness (QED) is 0.664. The molecule has 0 aliphatic carbocycles. The average Bonchev–Trinajstić information content (AvgIpc) is 2.34. The summed E-state index contributed by atoms with van der Waals surface area (Å²) in [5, 5.41) is 13.2. The van der Waals surface area contributed by atoms with Gasteiger partial charge < -0.3 is 5.11 Å². The van der Waals surface area contributed by atoms with Gasteiger partial charge in [0.25, 0.3) is 0 Å². The average molecular weight is 140 g/mol. The summed E-state index contributed by atoms with van der Waals surface area (Å²) in [5.74, 6) is 0. The van der Waals surface area contributed by atoms with Crippen LogP contribution in [0.4, 0.5) is 0 Å². The lowest BCUT2D eigenvalue weighted by atomic mass is 10.3. The highest BCUT2D eigenvalue weighted by Crippen LogP contribution is 2.06. The first-order chi connectivity index (χ1) is 4.74. The highest BCUT2D eigenvalue weighted by Gasteiger charge is 2.02. The van der Waals surface area contributed by atoms with Gasteiger partial charge in [-0.1, -0.05) is 0 Å². The summed E-state index contributed by atoms with van der Waals surface area (Å²) >= 11 is 0. The van der Waals surface area contributed by atoms with Crippen molar-refractivity contribution in [2.75, 3.05) is 0 Å². The van der Waals surface area contributed by atoms with Crippen LogP contribution in [-0.2, 0) is 6.54 Å². The third kappa shape index (κ3) is 1.36. The summed E-state index contributed by atoms with van der Waals surface area (Å²) < 4.78 is 1.79. The van der Waals surface area contributed by atoms with Crippen molar-refractivity contribution < 1.29 is 5.11 Å². The molecular weight excluding hydrogens is 128 g/mol. The van der Waals surface area contributed by atoms with Crippen LogP contribution in [0.5, 0.6) is 0 Å². The van der Waals surface area contributed by atoms with Crippen molar-refractivity contribution in [2.24, 2.45) is 0 Å². The Morgan fingerprint density at radius 3 is 2.80 bits per heavy atom. The van der Waals surface area contributed by atoms with E-state index in [1.165, 1.54) is 0 Å². The molecule has 1 aromatic heterocycles. The molecule has 0 aromatic carbocycles. The van der Waals surface area contributed by atoms with Crippen LogP contribution >= 0.6 is 0 Å². The molecule has 3 heteroatoms. The second-order valence-corrected chi connectivity index (χ2v) is 2.27. The zero-order chi connectivity index (χ0) is 7.56. The summed E-state index contributed by atoms with van der Waals surface area (Å²) in [5.41, 5.74) is 0.738. The normalized spacial score (nSPS) is 13.5. The van der Waals surface area contributed by atoms with Gasteiger partial charge in [0, 0.05) is 12.7 Å². The molecule has 0 fully saturated rings. The minimum atomic E-state index is -0.451. The van der Waals surface area contributed by atoms with Gasteiger partial charge in [-0.25, -0.2) is 0 Å². The van der Waals surface area contributed by atoms with Gasteiger partial charge in [-0.15, -0.1) is 0 Å². The van der Waals surface area contributed by atoms with E-state index in [2.05, 4.69) is 5.10 Å². The Balaban J connectivity index is 2.78. The molecule has 0 unspecified atom stereocenters. The first-order valence-corrected chi connectivity index (χ1v) is 3.45. The number of hydrogen-bond acceptors (Lipinski definition) is 2. The van der Waals surface area contributed by atoms with Gasteiger partial charge in [-0.05, 0) is 19.9 Å². The van der Waals surface area contributed by atoms with E-state index in [0.29, 0.717) is 0 Å². The van der Waals surface area contributed by atoms with Gasteiger partial charge in [0.1, 0.15) is 0 Å². The van der Waals surface area contributed by atoms with Crippen LogP contribution in [0, 0.1) is 0 Å². The molecule has 3 nitrogen and oxygen atoms in total. The maximum atomic E-state index is 9.06.